The van der Waals surface area contributed by atoms with Crippen LogP contribution in [0, 0.1) is 13.8 Å². The number of methoxy groups -OCH3 is 1. The molecule has 0 saturated carbocycles. The molecule has 114 valence electrons. The molecule has 1 N–H and O–H groups in total. The van der Waals surface area contributed by atoms with Gasteiger partial charge in [0.15, 0.2) is 0 Å². The van der Waals surface area contributed by atoms with Gasteiger partial charge in [0.1, 0.15) is 5.75 Å². The van der Waals surface area contributed by atoms with Crippen LogP contribution in [0.3, 0.4) is 0 Å². The summed E-state index contributed by atoms with van der Waals surface area (Å²) in [6.07, 6.45) is 3.98. The number of nitrogens with one attached hydrogen (secondary N) is 1. The second-order valence-electron chi connectivity index (χ2n) is 5.60. The van der Waals surface area contributed by atoms with Crippen LogP contribution in [0.15, 0.2) is 6.20 Å². The first-order chi connectivity index (χ1) is 9.49. The number of rotatable bonds is 8. The van der Waals surface area contributed by atoms with E-state index in [0.717, 1.165) is 42.9 Å². The summed E-state index contributed by atoms with van der Waals surface area (Å²) in [5, 5.41) is 3.56. The number of hydrogen-bond donors (Lipinski definition) is 1. The lowest BCUT2D eigenvalue weighted by atomic mass is 10.0. The molecule has 1 rings (SSSR count). The van der Waals surface area contributed by atoms with Crippen LogP contribution < -0.4 is 10.1 Å². The van der Waals surface area contributed by atoms with Crippen molar-refractivity contribution in [2.45, 2.75) is 39.7 Å². The smallest absolute Gasteiger partial charge is 0.128 e. The fourth-order valence-corrected chi connectivity index (χ4v) is 2.49. The quantitative estimate of drug-likeness (QED) is 0.791. The molecule has 1 heterocycles. The Kier molecular flexibility index (Phi) is 6.96. The van der Waals surface area contributed by atoms with Crippen molar-refractivity contribution in [1.29, 1.82) is 0 Å². The summed E-state index contributed by atoms with van der Waals surface area (Å²) >= 11 is 0. The van der Waals surface area contributed by atoms with Gasteiger partial charge < -0.3 is 15.0 Å². The number of pyridine rings is 1. The summed E-state index contributed by atoms with van der Waals surface area (Å²) in [7, 11) is 5.95. The van der Waals surface area contributed by atoms with Gasteiger partial charge in [-0.25, -0.2) is 0 Å². The lowest BCUT2D eigenvalue weighted by Gasteiger charge is -2.21. The first-order valence-electron chi connectivity index (χ1n) is 7.36. The second kappa shape index (κ2) is 8.22. The van der Waals surface area contributed by atoms with Gasteiger partial charge in [-0.1, -0.05) is 6.92 Å². The molecule has 0 amide bonds. The van der Waals surface area contributed by atoms with Gasteiger partial charge in [0, 0.05) is 35.5 Å². The Bertz CT molecular complexity index is 418. The lowest BCUT2D eigenvalue weighted by molar-refractivity contribution is 0.357. The van der Waals surface area contributed by atoms with E-state index in [4.69, 9.17) is 4.74 Å². The van der Waals surface area contributed by atoms with Gasteiger partial charge >= 0.3 is 0 Å². The Labute approximate surface area is 123 Å². The highest BCUT2D eigenvalue weighted by Gasteiger charge is 2.15. The summed E-state index contributed by atoms with van der Waals surface area (Å²) in [6, 6.07) is 0.459. The number of hydrogen-bond acceptors (Lipinski definition) is 4. The zero-order chi connectivity index (χ0) is 15.1. The highest BCUT2D eigenvalue weighted by Crippen LogP contribution is 2.24. The van der Waals surface area contributed by atoms with Gasteiger partial charge in [-0.3, -0.25) is 4.98 Å². The van der Waals surface area contributed by atoms with Crippen LogP contribution >= 0.6 is 0 Å². The minimum absolute atomic E-state index is 0.459. The molecule has 0 aliphatic rings. The maximum absolute atomic E-state index is 5.49. The SMILES string of the molecule is CCNC(CCN(C)C)Cc1ncc(C)c(OC)c1C. The van der Waals surface area contributed by atoms with Crippen LogP contribution in [0.1, 0.15) is 30.2 Å². The molecule has 20 heavy (non-hydrogen) atoms. The standard InChI is InChI=1S/C16H29N3O/c1-7-17-14(8-9-19(4)5)10-15-13(3)16(20-6)12(2)11-18-15/h11,14,17H,7-10H2,1-6H3. The first-order valence-corrected chi connectivity index (χ1v) is 7.36. The van der Waals surface area contributed by atoms with E-state index in [2.05, 4.69) is 43.1 Å². The summed E-state index contributed by atoms with van der Waals surface area (Å²) in [5.74, 6) is 0.970. The van der Waals surface area contributed by atoms with Crippen molar-refractivity contribution in [3.8, 4) is 5.75 Å². The molecule has 1 aromatic heterocycles. The molecular formula is C16H29N3O. The van der Waals surface area contributed by atoms with Crippen LogP contribution in [-0.2, 0) is 6.42 Å². The Balaban J connectivity index is 2.82. The largest absolute Gasteiger partial charge is 0.496 e. The van der Waals surface area contributed by atoms with E-state index in [1.807, 2.05) is 13.1 Å². The monoisotopic (exact) mass is 279 g/mol. The summed E-state index contributed by atoms with van der Waals surface area (Å²) in [6.45, 7) is 8.36. The molecule has 0 radical (unpaired) electrons. The highest BCUT2D eigenvalue weighted by molar-refractivity contribution is 5.41. The van der Waals surface area contributed by atoms with E-state index in [1.165, 1.54) is 5.56 Å². The van der Waals surface area contributed by atoms with E-state index < -0.39 is 0 Å². The van der Waals surface area contributed by atoms with Crippen molar-refractivity contribution in [2.24, 2.45) is 0 Å². The molecule has 1 atom stereocenters. The fraction of sp³-hybridized carbons (Fsp3) is 0.688. The highest BCUT2D eigenvalue weighted by atomic mass is 16.5. The van der Waals surface area contributed by atoms with Crippen molar-refractivity contribution in [3.05, 3.63) is 23.0 Å². The number of aryl methyl sites for hydroxylation is 1. The average Bonchev–Trinajstić information content (AvgIpc) is 2.40. The van der Waals surface area contributed by atoms with Gasteiger partial charge in [0.05, 0.1) is 7.11 Å². The van der Waals surface area contributed by atoms with Crippen LogP contribution in [-0.4, -0.2) is 50.2 Å². The molecule has 0 aromatic carbocycles. The van der Waals surface area contributed by atoms with Crippen molar-refractivity contribution in [1.82, 2.24) is 15.2 Å². The number of ether oxygens (including phenoxy) is 1. The average molecular weight is 279 g/mol. The van der Waals surface area contributed by atoms with Gasteiger partial charge in [-0.2, -0.15) is 0 Å². The molecule has 0 aliphatic heterocycles. The van der Waals surface area contributed by atoms with E-state index in [0.29, 0.717) is 6.04 Å². The maximum Gasteiger partial charge on any atom is 0.128 e. The zero-order valence-electron chi connectivity index (χ0n) is 13.8. The van der Waals surface area contributed by atoms with Crippen LogP contribution in [0.2, 0.25) is 0 Å². The van der Waals surface area contributed by atoms with E-state index in [9.17, 15) is 0 Å². The predicted molar refractivity (Wildman–Crippen MR) is 84.6 cm³/mol. The Hall–Kier alpha value is -1.13. The van der Waals surface area contributed by atoms with Crippen molar-refractivity contribution in [2.75, 3.05) is 34.3 Å². The Morgan fingerprint density at radius 1 is 1.35 bits per heavy atom. The lowest BCUT2D eigenvalue weighted by Crippen LogP contribution is -2.34. The Morgan fingerprint density at radius 3 is 2.60 bits per heavy atom. The number of likely N-dealkylation sites (N-methyl/N-ethyl adjacent to an activating group) is 1. The third-order valence-corrected chi connectivity index (χ3v) is 3.61. The molecular weight excluding hydrogens is 250 g/mol. The Morgan fingerprint density at radius 2 is 2.05 bits per heavy atom. The maximum atomic E-state index is 5.49. The molecule has 0 saturated heterocycles. The second-order valence-corrected chi connectivity index (χ2v) is 5.60. The number of nitrogens with zero attached hydrogens (tertiary/aromatic N) is 2. The minimum Gasteiger partial charge on any atom is -0.496 e. The third kappa shape index (κ3) is 4.76. The molecule has 1 unspecified atom stereocenters. The summed E-state index contributed by atoms with van der Waals surface area (Å²) in [5.41, 5.74) is 3.40. The molecule has 0 fully saturated rings. The van der Waals surface area contributed by atoms with E-state index >= 15 is 0 Å². The van der Waals surface area contributed by atoms with Crippen molar-refractivity contribution >= 4 is 0 Å². The normalized spacial score (nSPS) is 12.8. The summed E-state index contributed by atoms with van der Waals surface area (Å²) < 4.78 is 5.49. The van der Waals surface area contributed by atoms with Crippen LogP contribution in [0.4, 0.5) is 0 Å². The zero-order valence-corrected chi connectivity index (χ0v) is 13.8. The van der Waals surface area contributed by atoms with Crippen LogP contribution in [0.25, 0.3) is 0 Å². The summed E-state index contributed by atoms with van der Waals surface area (Å²) in [4.78, 5) is 6.82. The van der Waals surface area contributed by atoms with Gasteiger partial charge in [0.2, 0.25) is 0 Å². The van der Waals surface area contributed by atoms with Crippen molar-refractivity contribution in [3.63, 3.8) is 0 Å². The van der Waals surface area contributed by atoms with E-state index in [-0.39, 0.29) is 0 Å². The fourth-order valence-electron chi connectivity index (χ4n) is 2.49. The molecule has 0 spiro atoms. The van der Waals surface area contributed by atoms with Crippen molar-refractivity contribution < 1.29 is 4.74 Å². The number of aromatic nitrogens is 1. The van der Waals surface area contributed by atoms with Gasteiger partial charge in [-0.05, 0) is 47.5 Å². The predicted octanol–water partition coefficient (Wildman–Crippen LogP) is 2.18. The first kappa shape index (κ1) is 16.9. The molecule has 0 aliphatic carbocycles. The molecule has 0 bridgehead atoms. The molecule has 1 aromatic rings. The molecule has 4 nitrogen and oxygen atoms in total. The third-order valence-electron chi connectivity index (χ3n) is 3.61. The van der Waals surface area contributed by atoms with E-state index in [1.54, 1.807) is 7.11 Å². The van der Waals surface area contributed by atoms with Crippen LogP contribution in [0.5, 0.6) is 5.75 Å². The van der Waals surface area contributed by atoms with Gasteiger partial charge in [0.25, 0.3) is 0 Å². The van der Waals surface area contributed by atoms with Gasteiger partial charge in [-0.15, -0.1) is 0 Å². The topological polar surface area (TPSA) is 37.4 Å². The molecule has 4 heteroatoms. The minimum atomic E-state index is 0.459.